The molecule has 0 aliphatic rings. The average molecular weight is 343 g/mol. The molecule has 0 saturated heterocycles. The SMILES string of the molecule is O=C(O)c1ccc(-c2nc3cc(Cl)cc(Cl)c3o2)cc1Cl. The highest BCUT2D eigenvalue weighted by Gasteiger charge is 2.15. The number of oxazole rings is 1. The van der Waals surface area contributed by atoms with Gasteiger partial charge < -0.3 is 9.52 Å². The maximum absolute atomic E-state index is 10.9. The van der Waals surface area contributed by atoms with Crippen LogP contribution in [0.5, 0.6) is 0 Å². The monoisotopic (exact) mass is 341 g/mol. The highest BCUT2D eigenvalue weighted by Crippen LogP contribution is 2.33. The van der Waals surface area contributed by atoms with Crippen LogP contribution in [0.2, 0.25) is 15.1 Å². The Morgan fingerprint density at radius 1 is 1.10 bits per heavy atom. The number of aromatic nitrogens is 1. The number of benzene rings is 2. The van der Waals surface area contributed by atoms with Crippen molar-refractivity contribution in [2.45, 2.75) is 0 Å². The van der Waals surface area contributed by atoms with E-state index >= 15 is 0 Å². The molecule has 0 aliphatic carbocycles. The standard InChI is InChI=1S/C14H6Cl3NO3/c15-7-4-10(17)12-11(5-7)18-13(21-12)6-1-2-8(14(19)20)9(16)3-6/h1-5H,(H,19,20). The molecule has 0 atom stereocenters. The summed E-state index contributed by atoms with van der Waals surface area (Å²) in [5.41, 5.74) is 1.49. The van der Waals surface area contributed by atoms with Crippen molar-refractivity contribution in [1.82, 2.24) is 4.98 Å². The molecule has 0 saturated carbocycles. The van der Waals surface area contributed by atoms with Crippen LogP contribution in [0, 0.1) is 0 Å². The van der Waals surface area contributed by atoms with Gasteiger partial charge in [0.25, 0.3) is 0 Å². The molecule has 7 heteroatoms. The normalized spacial score (nSPS) is 11.0. The second-order valence-electron chi connectivity index (χ2n) is 4.25. The summed E-state index contributed by atoms with van der Waals surface area (Å²) < 4.78 is 5.59. The van der Waals surface area contributed by atoms with Crippen molar-refractivity contribution >= 4 is 51.9 Å². The molecule has 0 aliphatic heterocycles. The third kappa shape index (κ3) is 2.58. The third-order valence-corrected chi connectivity index (χ3v) is 3.67. The minimum Gasteiger partial charge on any atom is -0.478 e. The zero-order valence-electron chi connectivity index (χ0n) is 10.2. The van der Waals surface area contributed by atoms with Crippen LogP contribution in [0.25, 0.3) is 22.6 Å². The second kappa shape index (κ2) is 5.22. The molecule has 1 N–H and O–H groups in total. The molecule has 3 rings (SSSR count). The van der Waals surface area contributed by atoms with Gasteiger partial charge in [0.1, 0.15) is 5.52 Å². The fraction of sp³-hybridized carbons (Fsp3) is 0. The van der Waals surface area contributed by atoms with Gasteiger partial charge in [-0.25, -0.2) is 9.78 Å². The van der Waals surface area contributed by atoms with Gasteiger partial charge in [0.15, 0.2) is 5.58 Å². The van der Waals surface area contributed by atoms with Gasteiger partial charge in [-0.15, -0.1) is 0 Å². The Bertz CT molecular complexity index is 873. The van der Waals surface area contributed by atoms with Crippen LogP contribution < -0.4 is 0 Å². The molecule has 1 heterocycles. The van der Waals surface area contributed by atoms with E-state index in [4.69, 9.17) is 44.3 Å². The largest absolute Gasteiger partial charge is 0.478 e. The molecule has 4 nitrogen and oxygen atoms in total. The first-order valence-electron chi connectivity index (χ1n) is 5.74. The molecule has 0 spiro atoms. The highest BCUT2D eigenvalue weighted by atomic mass is 35.5. The van der Waals surface area contributed by atoms with E-state index in [1.54, 1.807) is 18.2 Å². The van der Waals surface area contributed by atoms with Crippen molar-refractivity contribution < 1.29 is 14.3 Å². The number of nitrogens with zero attached hydrogens (tertiary/aromatic N) is 1. The number of carboxylic acid groups (broad SMARTS) is 1. The predicted octanol–water partition coefficient (Wildman–Crippen LogP) is 5.15. The molecule has 0 unspecified atom stereocenters. The van der Waals surface area contributed by atoms with Crippen molar-refractivity contribution in [2.75, 3.05) is 0 Å². The molecule has 0 amide bonds. The van der Waals surface area contributed by atoms with Crippen molar-refractivity contribution in [1.29, 1.82) is 0 Å². The van der Waals surface area contributed by atoms with Gasteiger partial charge in [-0.3, -0.25) is 0 Å². The van der Waals surface area contributed by atoms with Crippen LogP contribution in [0.4, 0.5) is 0 Å². The van der Waals surface area contributed by atoms with E-state index in [9.17, 15) is 4.79 Å². The second-order valence-corrected chi connectivity index (χ2v) is 5.51. The lowest BCUT2D eigenvalue weighted by Crippen LogP contribution is -1.97. The summed E-state index contributed by atoms with van der Waals surface area (Å²) in [6.45, 7) is 0. The Morgan fingerprint density at radius 3 is 2.52 bits per heavy atom. The van der Waals surface area contributed by atoms with Crippen LogP contribution in [0.1, 0.15) is 10.4 Å². The third-order valence-electron chi connectivity index (χ3n) is 2.86. The zero-order valence-corrected chi connectivity index (χ0v) is 12.5. The number of hydrogen-bond acceptors (Lipinski definition) is 3. The number of carboxylic acids is 1. The van der Waals surface area contributed by atoms with Gasteiger partial charge in [-0.1, -0.05) is 34.8 Å². The first-order chi connectivity index (χ1) is 9.95. The van der Waals surface area contributed by atoms with Crippen molar-refractivity contribution in [2.24, 2.45) is 0 Å². The Kier molecular flexibility index (Phi) is 3.53. The maximum atomic E-state index is 10.9. The van der Waals surface area contributed by atoms with Crippen molar-refractivity contribution in [3.63, 3.8) is 0 Å². The summed E-state index contributed by atoms with van der Waals surface area (Å²) in [6, 6.07) is 7.62. The first-order valence-corrected chi connectivity index (χ1v) is 6.88. The Hall–Kier alpha value is -1.75. The molecular formula is C14H6Cl3NO3. The van der Waals surface area contributed by atoms with Crippen molar-refractivity contribution in [3.8, 4) is 11.5 Å². The number of carbonyl (C=O) groups is 1. The predicted molar refractivity (Wildman–Crippen MR) is 81.4 cm³/mol. The number of aromatic carboxylic acids is 1. The summed E-state index contributed by atoms with van der Waals surface area (Å²) >= 11 is 17.9. The van der Waals surface area contributed by atoms with E-state index in [2.05, 4.69) is 4.98 Å². The van der Waals surface area contributed by atoms with E-state index in [1.807, 2.05) is 0 Å². The van der Waals surface area contributed by atoms with Gasteiger partial charge >= 0.3 is 5.97 Å². The van der Waals surface area contributed by atoms with Gasteiger partial charge in [-0.05, 0) is 30.3 Å². The summed E-state index contributed by atoms with van der Waals surface area (Å²) in [5, 5.41) is 9.86. The lowest BCUT2D eigenvalue weighted by molar-refractivity contribution is 0.0697. The lowest BCUT2D eigenvalue weighted by Gasteiger charge is -2.00. The van der Waals surface area contributed by atoms with E-state index in [-0.39, 0.29) is 16.5 Å². The molecule has 3 aromatic rings. The number of rotatable bonds is 2. The van der Waals surface area contributed by atoms with Crippen molar-refractivity contribution in [3.05, 3.63) is 51.0 Å². The Labute approximate surface area is 133 Å². The van der Waals surface area contributed by atoms with E-state index < -0.39 is 5.97 Å². The fourth-order valence-corrected chi connectivity index (χ4v) is 2.69. The van der Waals surface area contributed by atoms with E-state index in [0.29, 0.717) is 26.7 Å². The minimum atomic E-state index is -1.10. The summed E-state index contributed by atoms with van der Waals surface area (Å²) in [7, 11) is 0. The smallest absolute Gasteiger partial charge is 0.337 e. The van der Waals surface area contributed by atoms with Gasteiger partial charge in [0.05, 0.1) is 15.6 Å². The van der Waals surface area contributed by atoms with E-state index in [1.165, 1.54) is 12.1 Å². The number of hydrogen-bond donors (Lipinski definition) is 1. The van der Waals surface area contributed by atoms with Gasteiger partial charge in [0.2, 0.25) is 5.89 Å². The fourth-order valence-electron chi connectivity index (χ4n) is 1.90. The molecule has 0 bridgehead atoms. The average Bonchev–Trinajstić information content (AvgIpc) is 2.82. The first kappa shape index (κ1) is 14.2. The Morgan fingerprint density at radius 2 is 1.86 bits per heavy atom. The zero-order chi connectivity index (χ0) is 15.1. The van der Waals surface area contributed by atoms with Crippen LogP contribution in [-0.4, -0.2) is 16.1 Å². The van der Waals surface area contributed by atoms with Crippen LogP contribution in [0.3, 0.4) is 0 Å². The Balaban J connectivity index is 2.14. The molecule has 0 radical (unpaired) electrons. The quantitative estimate of drug-likeness (QED) is 0.699. The molecule has 106 valence electrons. The number of fused-ring (bicyclic) bond motifs is 1. The van der Waals surface area contributed by atoms with Gasteiger partial charge in [0, 0.05) is 10.6 Å². The summed E-state index contributed by atoms with van der Waals surface area (Å²) in [5.74, 6) is -0.813. The maximum Gasteiger partial charge on any atom is 0.337 e. The topological polar surface area (TPSA) is 63.3 Å². The van der Waals surface area contributed by atoms with Crippen LogP contribution in [0.15, 0.2) is 34.7 Å². The summed E-state index contributed by atoms with van der Waals surface area (Å²) in [4.78, 5) is 15.2. The minimum absolute atomic E-state index is 0.0117. The molecular weight excluding hydrogens is 337 g/mol. The number of halogens is 3. The van der Waals surface area contributed by atoms with Crippen LogP contribution in [-0.2, 0) is 0 Å². The van der Waals surface area contributed by atoms with Crippen LogP contribution >= 0.6 is 34.8 Å². The lowest BCUT2D eigenvalue weighted by atomic mass is 10.1. The summed E-state index contributed by atoms with van der Waals surface area (Å²) in [6.07, 6.45) is 0. The van der Waals surface area contributed by atoms with E-state index in [0.717, 1.165) is 0 Å². The molecule has 0 fully saturated rings. The molecule has 2 aromatic carbocycles. The molecule has 1 aromatic heterocycles. The van der Waals surface area contributed by atoms with Gasteiger partial charge in [-0.2, -0.15) is 0 Å². The highest BCUT2D eigenvalue weighted by molar-refractivity contribution is 6.38. The molecule has 21 heavy (non-hydrogen) atoms.